The first-order valence-corrected chi connectivity index (χ1v) is 8.81. The van der Waals surface area contributed by atoms with E-state index in [-0.39, 0.29) is 0 Å². The summed E-state index contributed by atoms with van der Waals surface area (Å²) in [5.74, 6) is -0.443. The first-order chi connectivity index (χ1) is 11.6. The number of rotatable bonds is 4. The Bertz CT molecular complexity index is 906. The van der Waals surface area contributed by atoms with Gasteiger partial charge in [-0.25, -0.2) is 9.89 Å². The maximum atomic E-state index is 12.2. The highest BCUT2D eigenvalue weighted by atomic mass is 32.2. The molecule has 0 aliphatic carbocycles. The Kier molecular flexibility index (Phi) is 4.44. The third-order valence-electron chi connectivity index (χ3n) is 3.75. The van der Waals surface area contributed by atoms with Crippen molar-refractivity contribution in [2.24, 2.45) is 0 Å². The van der Waals surface area contributed by atoms with E-state index in [1.165, 1.54) is 11.8 Å². The Morgan fingerprint density at radius 1 is 1.38 bits per heavy atom. The SMILES string of the molecule is CCOC(=O)c1c(C)nc2c(c(SC)[nH][n+]2-c2ccccc2)c1N. The number of aryl methyl sites for hydroxylation is 1. The lowest BCUT2D eigenvalue weighted by molar-refractivity contribution is -0.634. The van der Waals surface area contributed by atoms with Crippen LogP contribution in [-0.4, -0.2) is 28.9 Å². The number of carbonyl (C=O) groups is 1. The van der Waals surface area contributed by atoms with Crippen LogP contribution in [-0.2, 0) is 4.74 Å². The highest BCUT2D eigenvalue weighted by Gasteiger charge is 2.29. The highest BCUT2D eigenvalue weighted by Crippen LogP contribution is 2.31. The molecule has 0 unspecified atom stereocenters. The van der Waals surface area contributed by atoms with Crippen LogP contribution in [0.25, 0.3) is 16.7 Å². The molecule has 124 valence electrons. The van der Waals surface area contributed by atoms with Gasteiger partial charge >= 0.3 is 11.6 Å². The van der Waals surface area contributed by atoms with Gasteiger partial charge in [-0.3, -0.25) is 0 Å². The number of para-hydroxylation sites is 1. The topological polar surface area (TPSA) is 84.9 Å². The van der Waals surface area contributed by atoms with Crippen LogP contribution < -0.4 is 10.4 Å². The first kappa shape index (κ1) is 16.3. The van der Waals surface area contributed by atoms with Gasteiger partial charge in [0.2, 0.25) is 0 Å². The molecule has 0 amide bonds. The molecule has 3 rings (SSSR count). The summed E-state index contributed by atoms with van der Waals surface area (Å²) in [6.45, 7) is 3.83. The molecule has 0 spiro atoms. The molecule has 2 aromatic heterocycles. The van der Waals surface area contributed by atoms with Crippen LogP contribution in [0, 0.1) is 6.92 Å². The number of nitrogen functional groups attached to an aromatic ring is 1. The molecule has 0 saturated carbocycles. The van der Waals surface area contributed by atoms with E-state index in [0.29, 0.717) is 29.2 Å². The smallest absolute Gasteiger partial charge is 0.359 e. The van der Waals surface area contributed by atoms with Gasteiger partial charge in [0.15, 0.2) is 11.4 Å². The van der Waals surface area contributed by atoms with Gasteiger partial charge in [-0.15, -0.1) is 16.4 Å². The zero-order chi connectivity index (χ0) is 17.3. The van der Waals surface area contributed by atoms with E-state index < -0.39 is 5.97 Å². The molecule has 3 N–H and O–H groups in total. The fraction of sp³-hybridized carbons (Fsp3) is 0.235. The number of H-pyrrole nitrogens is 1. The number of nitrogens with one attached hydrogen (secondary N) is 1. The summed E-state index contributed by atoms with van der Waals surface area (Å²) in [4.78, 5) is 16.9. The largest absolute Gasteiger partial charge is 0.462 e. The molecule has 0 aliphatic rings. The maximum Gasteiger partial charge on any atom is 0.359 e. The van der Waals surface area contributed by atoms with Gasteiger partial charge in [-0.1, -0.05) is 18.2 Å². The third kappa shape index (κ3) is 2.60. The Hall–Kier alpha value is -2.54. The van der Waals surface area contributed by atoms with Crippen LogP contribution in [0.5, 0.6) is 0 Å². The number of ether oxygens (including phenoxy) is 1. The first-order valence-electron chi connectivity index (χ1n) is 7.58. The summed E-state index contributed by atoms with van der Waals surface area (Å²) < 4.78 is 7.00. The van der Waals surface area contributed by atoms with E-state index >= 15 is 0 Å². The second-order valence-corrected chi connectivity index (χ2v) is 6.04. The van der Waals surface area contributed by atoms with Crippen LogP contribution in [0.3, 0.4) is 0 Å². The van der Waals surface area contributed by atoms with E-state index in [2.05, 4.69) is 10.1 Å². The van der Waals surface area contributed by atoms with Crippen LogP contribution in [0.4, 0.5) is 5.69 Å². The number of fused-ring (bicyclic) bond motifs is 1. The van der Waals surface area contributed by atoms with Crippen molar-refractivity contribution < 1.29 is 14.2 Å². The Morgan fingerprint density at radius 3 is 2.71 bits per heavy atom. The average molecular weight is 343 g/mol. The predicted octanol–water partition coefficient (Wildman–Crippen LogP) is 2.63. The van der Waals surface area contributed by atoms with Crippen molar-refractivity contribution in [1.82, 2.24) is 10.1 Å². The van der Waals surface area contributed by atoms with Crippen LogP contribution in [0.1, 0.15) is 23.0 Å². The third-order valence-corrected chi connectivity index (χ3v) is 4.45. The van der Waals surface area contributed by atoms with E-state index in [0.717, 1.165) is 16.1 Å². The summed E-state index contributed by atoms with van der Waals surface area (Å²) in [5, 5.41) is 4.89. The molecule has 2 heterocycles. The summed E-state index contributed by atoms with van der Waals surface area (Å²) >= 11 is 1.52. The van der Waals surface area contributed by atoms with Crippen molar-refractivity contribution in [1.29, 1.82) is 0 Å². The molecular formula is C17H19N4O2S+. The minimum absolute atomic E-state index is 0.294. The molecule has 1 aromatic carbocycles. The lowest BCUT2D eigenvalue weighted by Gasteiger charge is -2.06. The van der Waals surface area contributed by atoms with Gasteiger partial charge in [-0.2, -0.15) is 0 Å². The van der Waals surface area contributed by atoms with Gasteiger partial charge in [0.05, 0.1) is 12.3 Å². The predicted molar refractivity (Wildman–Crippen MR) is 94.5 cm³/mol. The van der Waals surface area contributed by atoms with E-state index in [4.69, 9.17) is 10.5 Å². The molecule has 24 heavy (non-hydrogen) atoms. The van der Waals surface area contributed by atoms with Crippen molar-refractivity contribution in [3.8, 4) is 5.69 Å². The second-order valence-electron chi connectivity index (χ2n) is 5.22. The number of benzene rings is 1. The number of carbonyl (C=O) groups excluding carboxylic acids is 1. The molecule has 3 aromatic rings. The fourth-order valence-corrected chi connectivity index (χ4v) is 3.27. The minimum Gasteiger partial charge on any atom is -0.462 e. The van der Waals surface area contributed by atoms with Gasteiger partial charge in [0, 0.05) is 6.92 Å². The number of nitrogens with zero attached hydrogens (tertiary/aromatic N) is 2. The molecule has 7 heteroatoms. The number of aromatic nitrogens is 3. The zero-order valence-corrected chi connectivity index (χ0v) is 14.6. The quantitative estimate of drug-likeness (QED) is 0.432. The van der Waals surface area contributed by atoms with E-state index in [1.807, 2.05) is 41.3 Å². The molecule has 6 nitrogen and oxygen atoms in total. The molecule has 0 bridgehead atoms. The van der Waals surface area contributed by atoms with Gasteiger partial charge in [-0.05, 0) is 30.3 Å². The minimum atomic E-state index is -0.443. The number of pyridine rings is 1. The molecule has 0 fully saturated rings. The van der Waals surface area contributed by atoms with Gasteiger partial charge in [0.25, 0.3) is 0 Å². The summed E-state index contributed by atoms with van der Waals surface area (Å²) in [6, 6.07) is 9.82. The molecule has 0 atom stereocenters. The number of nitrogens with two attached hydrogens (primary N) is 1. The van der Waals surface area contributed by atoms with Crippen molar-refractivity contribution in [2.45, 2.75) is 18.9 Å². The lowest BCUT2D eigenvalue weighted by atomic mass is 10.1. The second kappa shape index (κ2) is 6.52. The molecule has 0 aliphatic heterocycles. The number of thioether (sulfide) groups is 1. The fourth-order valence-electron chi connectivity index (χ4n) is 2.68. The van der Waals surface area contributed by atoms with Crippen molar-refractivity contribution in [2.75, 3.05) is 18.6 Å². The van der Waals surface area contributed by atoms with Gasteiger partial charge < -0.3 is 10.5 Å². The van der Waals surface area contributed by atoms with Crippen LogP contribution >= 0.6 is 11.8 Å². The van der Waals surface area contributed by atoms with Gasteiger partial charge in [0.1, 0.15) is 16.0 Å². The van der Waals surface area contributed by atoms with Crippen LogP contribution in [0.2, 0.25) is 0 Å². The standard InChI is InChI=1S/C17H18N4O2S/c1-4-23-17(22)12-10(2)19-15-13(14(12)18)16(24-3)20-21(15)11-8-6-5-7-9-11/h5-9H,4H2,1-3H3,(H2,18,19,20,22)/p+1. The lowest BCUT2D eigenvalue weighted by Crippen LogP contribution is -2.33. The number of aromatic amines is 1. The number of esters is 1. The van der Waals surface area contributed by atoms with Crippen LogP contribution in [0.15, 0.2) is 35.4 Å². The zero-order valence-electron chi connectivity index (χ0n) is 13.8. The molecule has 0 saturated heterocycles. The van der Waals surface area contributed by atoms with Crippen molar-refractivity contribution >= 4 is 34.5 Å². The number of hydrogen-bond donors (Lipinski definition) is 2. The molecule has 0 radical (unpaired) electrons. The summed E-state index contributed by atoms with van der Waals surface area (Å²) in [5.41, 5.74) is 9.24. The number of anilines is 1. The highest BCUT2D eigenvalue weighted by molar-refractivity contribution is 7.98. The monoisotopic (exact) mass is 343 g/mol. The Labute approximate surface area is 144 Å². The van der Waals surface area contributed by atoms with E-state index in [1.54, 1.807) is 13.8 Å². The Balaban J connectivity index is 2.31. The van der Waals surface area contributed by atoms with Crippen molar-refractivity contribution in [3.05, 3.63) is 41.6 Å². The summed E-state index contributed by atoms with van der Waals surface area (Å²) in [6.07, 6.45) is 1.95. The maximum absolute atomic E-state index is 12.2. The van der Waals surface area contributed by atoms with E-state index in [9.17, 15) is 4.79 Å². The molecular weight excluding hydrogens is 324 g/mol. The van der Waals surface area contributed by atoms with Crippen molar-refractivity contribution in [3.63, 3.8) is 0 Å². The average Bonchev–Trinajstić information content (AvgIpc) is 2.94. The Morgan fingerprint density at radius 2 is 2.08 bits per heavy atom. The summed E-state index contributed by atoms with van der Waals surface area (Å²) in [7, 11) is 0. The number of hydrogen-bond acceptors (Lipinski definition) is 5. The normalized spacial score (nSPS) is 11.0.